The molecule has 1 fully saturated rings. The summed E-state index contributed by atoms with van der Waals surface area (Å²) in [5.41, 5.74) is 0. The molecule has 2 aliphatic heterocycles. The first-order valence-electron chi connectivity index (χ1n) is 10.1. The number of nitrogens with zero attached hydrogens (tertiary/aromatic N) is 1. The molecule has 8 nitrogen and oxygen atoms in total. The van der Waals surface area contributed by atoms with Crippen molar-refractivity contribution in [1.82, 2.24) is 10.2 Å². The van der Waals surface area contributed by atoms with Crippen molar-refractivity contribution in [2.75, 3.05) is 26.3 Å². The molecule has 28 heavy (non-hydrogen) atoms. The van der Waals surface area contributed by atoms with Gasteiger partial charge < -0.3 is 14.8 Å². The zero-order valence-corrected chi connectivity index (χ0v) is 16.3. The van der Waals surface area contributed by atoms with Crippen LogP contribution in [0.5, 0.6) is 0 Å². The Kier molecular flexibility index (Phi) is 9.68. The Bertz CT molecular complexity index is 589. The summed E-state index contributed by atoms with van der Waals surface area (Å²) in [7, 11) is 0. The topological polar surface area (TPSA) is 105 Å². The van der Waals surface area contributed by atoms with Gasteiger partial charge in [0.05, 0.1) is 6.42 Å². The number of hydrogen-bond acceptors (Lipinski definition) is 6. The van der Waals surface area contributed by atoms with Crippen LogP contribution in [-0.4, -0.2) is 56.1 Å². The van der Waals surface area contributed by atoms with Crippen LogP contribution in [0.4, 0.5) is 0 Å². The highest BCUT2D eigenvalue weighted by molar-refractivity contribution is 5.87. The molecule has 0 saturated carbocycles. The fraction of sp³-hybridized carbons (Fsp3) is 0.700. The quantitative estimate of drug-likeness (QED) is 0.377. The van der Waals surface area contributed by atoms with Crippen LogP contribution in [0.15, 0.2) is 12.2 Å². The number of amides is 2. The molecule has 0 bridgehead atoms. The van der Waals surface area contributed by atoms with Crippen LogP contribution in [0.25, 0.3) is 0 Å². The van der Waals surface area contributed by atoms with E-state index in [1.165, 1.54) is 0 Å². The molecule has 0 aliphatic carbocycles. The van der Waals surface area contributed by atoms with Gasteiger partial charge in [0.2, 0.25) is 11.9 Å². The van der Waals surface area contributed by atoms with E-state index in [4.69, 9.17) is 9.47 Å². The minimum atomic E-state index is -0.531. The molecule has 0 aromatic rings. The predicted molar refractivity (Wildman–Crippen MR) is 101 cm³/mol. The summed E-state index contributed by atoms with van der Waals surface area (Å²) in [4.78, 5) is 49.7. The number of ether oxygens (including phenoxy) is 2. The van der Waals surface area contributed by atoms with Crippen molar-refractivity contribution in [3.8, 4) is 0 Å². The standard InChI is InChI=1S/C20H30N2O6/c23-17-9-1-2-10-18(24)22-13-7-8-16(22)20(26)28-15-6-5-14-27-19(25)11-3-4-12-21-17/h5-6,16H,1-4,7-15H2,(H,21,23)/q+1. The van der Waals surface area contributed by atoms with Crippen LogP contribution < -0.4 is 10.2 Å². The Labute approximate surface area is 165 Å². The molecule has 2 aliphatic rings. The molecule has 155 valence electrons. The molecular formula is C20H30N2O6+. The molecule has 1 unspecified atom stereocenters. The fourth-order valence-corrected chi connectivity index (χ4v) is 3.30. The summed E-state index contributed by atoms with van der Waals surface area (Å²) >= 11 is 0. The van der Waals surface area contributed by atoms with Crippen molar-refractivity contribution >= 4 is 23.8 Å². The molecule has 2 heterocycles. The van der Waals surface area contributed by atoms with E-state index in [1.807, 2.05) is 0 Å². The number of rotatable bonds is 0. The van der Waals surface area contributed by atoms with Crippen LogP contribution in [0.3, 0.4) is 0 Å². The van der Waals surface area contributed by atoms with Crippen molar-refractivity contribution in [3.05, 3.63) is 12.2 Å². The van der Waals surface area contributed by atoms with Gasteiger partial charge in [0.25, 0.3) is 0 Å². The highest BCUT2D eigenvalue weighted by Crippen LogP contribution is 2.18. The number of cyclic esters (lactones) is 2. The van der Waals surface area contributed by atoms with Crippen molar-refractivity contribution < 1.29 is 28.7 Å². The van der Waals surface area contributed by atoms with Crippen LogP contribution in [0.2, 0.25) is 0 Å². The number of carbonyl (C=O) groups is 4. The second kappa shape index (κ2) is 12.3. The molecule has 0 aromatic heterocycles. The first-order chi connectivity index (χ1) is 13.6. The molecule has 1 N–H and O–H groups in total. The minimum Gasteiger partial charge on any atom is -0.461 e. The average molecular weight is 394 g/mol. The Morgan fingerprint density at radius 3 is 2.39 bits per heavy atom. The Balaban J connectivity index is 1.88. The molecule has 0 aromatic carbocycles. The second-order valence-electron chi connectivity index (χ2n) is 7.04. The summed E-state index contributed by atoms with van der Waals surface area (Å²) < 4.78 is 10.3. The fourth-order valence-electron chi connectivity index (χ4n) is 3.30. The molecule has 8 heteroatoms. The Morgan fingerprint density at radius 1 is 0.857 bits per heavy atom. The van der Waals surface area contributed by atoms with E-state index in [1.54, 1.807) is 17.1 Å². The van der Waals surface area contributed by atoms with E-state index in [-0.39, 0.29) is 31.0 Å². The molecule has 1 saturated heterocycles. The second-order valence-corrected chi connectivity index (χ2v) is 7.04. The van der Waals surface area contributed by atoms with Gasteiger partial charge in [0, 0.05) is 32.2 Å². The van der Waals surface area contributed by atoms with E-state index in [0.717, 1.165) is 6.42 Å². The molecule has 2 rings (SSSR count). The normalized spacial score (nSPS) is 25.2. The lowest BCUT2D eigenvalue weighted by Crippen LogP contribution is -2.46. The van der Waals surface area contributed by atoms with Crippen LogP contribution in [0.1, 0.15) is 57.8 Å². The van der Waals surface area contributed by atoms with Gasteiger partial charge in [-0.05, 0) is 37.8 Å². The highest BCUT2D eigenvalue weighted by Gasteiger charge is 2.45. The first kappa shape index (κ1) is 22.1. The van der Waals surface area contributed by atoms with Gasteiger partial charge >= 0.3 is 17.8 Å². The van der Waals surface area contributed by atoms with Crippen LogP contribution in [0, 0.1) is 0 Å². The van der Waals surface area contributed by atoms with Crippen LogP contribution >= 0.6 is 0 Å². The van der Waals surface area contributed by atoms with E-state index in [9.17, 15) is 19.2 Å². The molecule has 2 amide bonds. The van der Waals surface area contributed by atoms with E-state index in [0.29, 0.717) is 64.5 Å². The molecule has 1 atom stereocenters. The minimum absolute atomic E-state index is 0.0475. The third-order valence-corrected chi connectivity index (χ3v) is 4.85. The molecular weight excluding hydrogens is 364 g/mol. The zero-order chi connectivity index (χ0) is 20.2. The maximum atomic E-state index is 12.4. The average Bonchev–Trinajstić information content (AvgIpc) is 3.16. The summed E-state index contributed by atoms with van der Waals surface area (Å²) in [5, 5.41) is 2.82. The van der Waals surface area contributed by atoms with Gasteiger partial charge in [-0.1, -0.05) is 4.90 Å². The van der Waals surface area contributed by atoms with Crippen LogP contribution in [-0.2, 0) is 28.7 Å². The van der Waals surface area contributed by atoms with E-state index < -0.39 is 12.0 Å². The highest BCUT2D eigenvalue weighted by atomic mass is 16.5. The van der Waals surface area contributed by atoms with Gasteiger partial charge in [0.15, 0.2) is 0 Å². The Morgan fingerprint density at radius 2 is 1.57 bits per heavy atom. The lowest BCUT2D eigenvalue weighted by Gasteiger charge is -2.11. The van der Waals surface area contributed by atoms with Crippen molar-refractivity contribution in [2.24, 2.45) is 0 Å². The number of nitrogens with one attached hydrogen (secondary N) is 1. The number of carbonyl (C=O) groups excluding carboxylic acids is 4. The maximum Gasteiger partial charge on any atom is 0.370 e. The number of fused-ring (bicyclic) bond motifs is 1. The van der Waals surface area contributed by atoms with Crippen molar-refractivity contribution in [1.29, 1.82) is 0 Å². The lowest BCUT2D eigenvalue weighted by molar-refractivity contribution is -0.148. The molecule has 0 spiro atoms. The van der Waals surface area contributed by atoms with Gasteiger partial charge in [0.1, 0.15) is 19.8 Å². The third-order valence-electron chi connectivity index (χ3n) is 4.85. The predicted octanol–water partition coefficient (Wildman–Crippen LogP) is 1.32. The first-order valence-corrected chi connectivity index (χ1v) is 10.1. The lowest BCUT2D eigenvalue weighted by atomic mass is 10.1. The van der Waals surface area contributed by atoms with Gasteiger partial charge in [-0.3, -0.25) is 9.59 Å². The smallest absolute Gasteiger partial charge is 0.370 e. The van der Waals surface area contributed by atoms with Gasteiger partial charge in [-0.25, -0.2) is 9.59 Å². The number of esters is 2. The van der Waals surface area contributed by atoms with Gasteiger partial charge in [-0.2, -0.15) is 0 Å². The van der Waals surface area contributed by atoms with Crippen molar-refractivity contribution in [2.45, 2.75) is 63.8 Å². The summed E-state index contributed by atoms with van der Waals surface area (Å²) in [6, 6.07) is -0.531. The third kappa shape index (κ3) is 7.80. The van der Waals surface area contributed by atoms with Crippen molar-refractivity contribution in [3.63, 3.8) is 0 Å². The van der Waals surface area contributed by atoms with Gasteiger partial charge in [-0.15, -0.1) is 0 Å². The Hall–Kier alpha value is -2.22. The largest absolute Gasteiger partial charge is 0.461 e. The SMILES string of the molecule is O=C1CCCCC(=O)[N+]2CCCC2C(=O)OCC=CCOC(=O)CCCCN1. The summed E-state index contributed by atoms with van der Waals surface area (Å²) in [6.07, 6.45) is 8.23. The number of hydrogen-bond donors (Lipinski definition) is 1. The van der Waals surface area contributed by atoms with E-state index >= 15 is 0 Å². The monoisotopic (exact) mass is 394 g/mol. The molecule has 1 radical (unpaired) electrons. The zero-order valence-electron chi connectivity index (χ0n) is 16.3. The summed E-state index contributed by atoms with van der Waals surface area (Å²) in [5.74, 6) is -0.807. The summed E-state index contributed by atoms with van der Waals surface area (Å²) in [6.45, 7) is 1.30. The maximum absolute atomic E-state index is 12.4. The van der Waals surface area contributed by atoms with E-state index in [2.05, 4.69) is 5.32 Å².